The lowest BCUT2D eigenvalue weighted by molar-refractivity contribution is -0.392. The van der Waals surface area contributed by atoms with Crippen molar-refractivity contribution in [3.8, 4) is 0 Å². The zero-order valence-electron chi connectivity index (χ0n) is 10.4. The first-order valence-electron chi connectivity index (χ1n) is 5.31. The summed E-state index contributed by atoms with van der Waals surface area (Å²) in [4.78, 5) is 30.9. The minimum Gasteiger partial charge on any atom is -0.478 e. The van der Waals surface area contributed by atoms with Gasteiger partial charge in [-0.15, -0.1) is 0 Å². The van der Waals surface area contributed by atoms with Gasteiger partial charge in [-0.25, -0.2) is 4.79 Å². The highest BCUT2D eigenvalue weighted by molar-refractivity contribution is 5.92. The van der Waals surface area contributed by atoms with Gasteiger partial charge in [0.15, 0.2) is 5.69 Å². The summed E-state index contributed by atoms with van der Waals surface area (Å²) in [6.45, 7) is 0.277. The normalized spacial score (nSPS) is 10.1. The van der Waals surface area contributed by atoms with Crippen LogP contribution in [0.15, 0.2) is 12.1 Å². The Morgan fingerprint density at radius 1 is 1.30 bits per heavy atom. The zero-order valence-corrected chi connectivity index (χ0v) is 10.4. The molecule has 0 aliphatic heterocycles. The number of methoxy groups -OCH3 is 1. The summed E-state index contributed by atoms with van der Waals surface area (Å²) in [5.74, 6) is -1.49. The van der Waals surface area contributed by atoms with E-state index < -0.39 is 32.8 Å². The van der Waals surface area contributed by atoms with Crippen LogP contribution in [0.4, 0.5) is 17.1 Å². The van der Waals surface area contributed by atoms with Crippen LogP contribution >= 0.6 is 0 Å². The number of carboxylic acid groups (broad SMARTS) is 1. The molecule has 0 bridgehead atoms. The first-order chi connectivity index (χ1) is 9.38. The van der Waals surface area contributed by atoms with E-state index >= 15 is 0 Å². The third-order valence-electron chi connectivity index (χ3n) is 2.35. The molecule has 10 heteroatoms. The Bertz CT molecular complexity index is 523. The molecule has 0 radical (unpaired) electrons. The summed E-state index contributed by atoms with van der Waals surface area (Å²) in [7, 11) is 1.40. The van der Waals surface area contributed by atoms with Gasteiger partial charge in [-0.05, 0) is 0 Å². The van der Waals surface area contributed by atoms with Crippen molar-refractivity contribution in [3.05, 3.63) is 37.9 Å². The molecule has 0 saturated carbocycles. The molecule has 0 saturated heterocycles. The second-order valence-electron chi connectivity index (χ2n) is 3.63. The van der Waals surface area contributed by atoms with E-state index in [2.05, 4.69) is 5.32 Å². The van der Waals surface area contributed by atoms with Crippen LogP contribution in [0, 0.1) is 20.2 Å². The third-order valence-corrected chi connectivity index (χ3v) is 2.35. The van der Waals surface area contributed by atoms with Crippen molar-refractivity contribution in [2.45, 2.75) is 0 Å². The lowest BCUT2D eigenvalue weighted by atomic mass is 10.1. The summed E-state index contributed by atoms with van der Waals surface area (Å²) < 4.78 is 4.73. The number of ether oxygens (including phenoxy) is 1. The van der Waals surface area contributed by atoms with Crippen LogP contribution < -0.4 is 5.32 Å². The highest BCUT2D eigenvalue weighted by Crippen LogP contribution is 2.35. The Morgan fingerprint density at radius 2 is 1.80 bits per heavy atom. The Balaban J connectivity index is 3.39. The second-order valence-corrected chi connectivity index (χ2v) is 3.63. The summed E-state index contributed by atoms with van der Waals surface area (Å²) in [6.07, 6.45) is 0. The molecule has 1 aromatic rings. The van der Waals surface area contributed by atoms with Crippen molar-refractivity contribution >= 4 is 23.0 Å². The fourth-order valence-electron chi connectivity index (χ4n) is 1.48. The fourth-order valence-corrected chi connectivity index (χ4v) is 1.48. The van der Waals surface area contributed by atoms with Crippen molar-refractivity contribution in [3.63, 3.8) is 0 Å². The molecular weight excluding hydrogens is 274 g/mol. The molecule has 10 nitrogen and oxygen atoms in total. The first kappa shape index (κ1) is 15.3. The number of anilines is 1. The van der Waals surface area contributed by atoms with E-state index in [9.17, 15) is 25.0 Å². The van der Waals surface area contributed by atoms with Crippen molar-refractivity contribution in [2.24, 2.45) is 0 Å². The molecule has 20 heavy (non-hydrogen) atoms. The van der Waals surface area contributed by atoms with E-state index in [-0.39, 0.29) is 18.8 Å². The van der Waals surface area contributed by atoms with Crippen LogP contribution in [0.25, 0.3) is 0 Å². The van der Waals surface area contributed by atoms with E-state index in [1.807, 2.05) is 0 Å². The smallest absolute Gasteiger partial charge is 0.336 e. The highest BCUT2D eigenvalue weighted by Gasteiger charge is 2.28. The molecule has 0 aliphatic rings. The molecule has 108 valence electrons. The number of nitrogens with zero attached hydrogens (tertiary/aromatic N) is 2. The van der Waals surface area contributed by atoms with Gasteiger partial charge in [0.25, 0.3) is 11.4 Å². The van der Waals surface area contributed by atoms with E-state index in [0.717, 1.165) is 12.1 Å². The topological polar surface area (TPSA) is 145 Å². The molecular formula is C10H11N3O7. The molecule has 1 aromatic carbocycles. The maximum atomic E-state index is 10.9. The number of benzene rings is 1. The molecule has 0 spiro atoms. The average molecular weight is 285 g/mol. The summed E-state index contributed by atoms with van der Waals surface area (Å²) in [5, 5.41) is 33.2. The van der Waals surface area contributed by atoms with E-state index in [1.54, 1.807) is 0 Å². The number of nitrogens with one attached hydrogen (secondary N) is 1. The number of carboxylic acids is 1. The molecule has 0 unspecified atom stereocenters. The number of nitro groups is 2. The lowest BCUT2D eigenvalue weighted by Crippen LogP contribution is -2.12. The molecule has 0 atom stereocenters. The molecule has 2 N–H and O–H groups in total. The van der Waals surface area contributed by atoms with Crippen LogP contribution in [-0.4, -0.2) is 41.2 Å². The summed E-state index contributed by atoms with van der Waals surface area (Å²) in [6, 6.07) is 1.54. The zero-order chi connectivity index (χ0) is 15.3. The first-order valence-corrected chi connectivity index (χ1v) is 5.31. The number of hydrogen-bond donors (Lipinski definition) is 2. The lowest BCUT2D eigenvalue weighted by Gasteiger charge is -2.08. The van der Waals surface area contributed by atoms with Gasteiger partial charge in [0.05, 0.1) is 22.0 Å². The monoisotopic (exact) mass is 285 g/mol. The second kappa shape index (κ2) is 6.43. The molecule has 0 heterocycles. The fraction of sp³-hybridized carbons (Fsp3) is 0.300. The van der Waals surface area contributed by atoms with Gasteiger partial charge < -0.3 is 15.2 Å². The predicted octanol–water partition coefficient (Wildman–Crippen LogP) is 1.26. The number of aromatic carboxylic acids is 1. The Kier molecular flexibility index (Phi) is 4.92. The number of hydrogen-bond acceptors (Lipinski definition) is 7. The van der Waals surface area contributed by atoms with Gasteiger partial charge in [-0.3, -0.25) is 20.2 Å². The van der Waals surface area contributed by atoms with Crippen molar-refractivity contribution in [1.29, 1.82) is 0 Å². The minimum atomic E-state index is -1.49. The Labute approximate surface area is 112 Å². The maximum absolute atomic E-state index is 10.9. The Hall–Kier alpha value is -2.75. The molecule has 1 rings (SSSR count). The van der Waals surface area contributed by atoms with E-state index in [0.29, 0.717) is 0 Å². The van der Waals surface area contributed by atoms with Gasteiger partial charge in [0.1, 0.15) is 0 Å². The molecule has 0 amide bonds. The van der Waals surface area contributed by atoms with Gasteiger partial charge in [0, 0.05) is 25.8 Å². The molecule has 0 aliphatic carbocycles. The van der Waals surface area contributed by atoms with Gasteiger partial charge in [-0.1, -0.05) is 0 Å². The highest BCUT2D eigenvalue weighted by atomic mass is 16.6. The van der Waals surface area contributed by atoms with Gasteiger partial charge >= 0.3 is 5.97 Å². The predicted molar refractivity (Wildman–Crippen MR) is 67.1 cm³/mol. The standard InChI is InChI=1S/C10H11N3O7/c1-20-3-2-11-9-7(12(16)17)4-6(10(14)15)5-8(9)13(18)19/h4-5,11H,2-3H2,1H3,(H,14,15). The Morgan fingerprint density at radius 3 is 2.15 bits per heavy atom. The van der Waals surface area contributed by atoms with Gasteiger partial charge in [0.2, 0.25) is 0 Å². The summed E-state index contributed by atoms with van der Waals surface area (Å²) in [5.41, 5.74) is -2.22. The molecule has 0 aromatic heterocycles. The number of nitro benzene ring substituents is 2. The van der Waals surface area contributed by atoms with Crippen LogP contribution in [0.1, 0.15) is 10.4 Å². The quantitative estimate of drug-likeness (QED) is 0.432. The number of rotatable bonds is 7. The average Bonchev–Trinajstić information content (AvgIpc) is 2.37. The van der Waals surface area contributed by atoms with Crippen LogP contribution in [-0.2, 0) is 4.74 Å². The largest absolute Gasteiger partial charge is 0.478 e. The van der Waals surface area contributed by atoms with Crippen LogP contribution in [0.5, 0.6) is 0 Å². The van der Waals surface area contributed by atoms with Crippen molar-refractivity contribution in [2.75, 3.05) is 25.6 Å². The van der Waals surface area contributed by atoms with E-state index in [4.69, 9.17) is 9.84 Å². The minimum absolute atomic E-state index is 0.102. The van der Waals surface area contributed by atoms with Crippen molar-refractivity contribution < 1.29 is 24.5 Å². The number of carbonyl (C=O) groups is 1. The SMILES string of the molecule is COCCNc1c([N+](=O)[O-])cc(C(=O)O)cc1[N+](=O)[O-]. The van der Waals surface area contributed by atoms with Crippen LogP contribution in [0.2, 0.25) is 0 Å². The molecule has 0 fully saturated rings. The van der Waals surface area contributed by atoms with Crippen molar-refractivity contribution in [1.82, 2.24) is 0 Å². The van der Waals surface area contributed by atoms with Gasteiger partial charge in [-0.2, -0.15) is 0 Å². The maximum Gasteiger partial charge on any atom is 0.336 e. The van der Waals surface area contributed by atoms with E-state index in [1.165, 1.54) is 7.11 Å². The third kappa shape index (κ3) is 3.38. The van der Waals surface area contributed by atoms with Crippen LogP contribution in [0.3, 0.4) is 0 Å². The summed E-state index contributed by atoms with van der Waals surface area (Å²) >= 11 is 0.